The Morgan fingerprint density at radius 1 is 0.786 bits per heavy atom. The second kappa shape index (κ2) is 16.4. The molecule has 0 radical (unpaired) electrons. The second-order valence-electron chi connectivity index (χ2n) is 5.23. The van der Waals surface area contributed by atoms with Gasteiger partial charge in [-0.05, 0) is 62.1 Å². The molecule has 2 aromatic rings. The maximum Gasteiger partial charge on any atom is -2.00 e. The predicted molar refractivity (Wildman–Crippen MR) is 108 cm³/mol. The maximum absolute atomic E-state index is 10.4. The molecule has 0 bridgehead atoms. The summed E-state index contributed by atoms with van der Waals surface area (Å²) in [6, 6.07) is 10.8. The largest absolute Gasteiger partial charge is 2.00 e. The molecule has 0 aromatic heterocycles. The molecule has 0 aliphatic carbocycles. The van der Waals surface area contributed by atoms with Crippen molar-refractivity contribution in [2.75, 3.05) is 0 Å². The van der Waals surface area contributed by atoms with Crippen molar-refractivity contribution >= 4 is 35.9 Å². The first-order valence-electron chi connectivity index (χ1n) is 7.69. The Balaban J connectivity index is 0. The first-order chi connectivity index (χ1) is 12.6. The fourth-order valence-corrected chi connectivity index (χ4v) is 2.68. The van der Waals surface area contributed by atoms with Crippen molar-refractivity contribution in [3.8, 4) is 11.5 Å². The van der Waals surface area contributed by atoms with E-state index in [1.165, 1.54) is 0 Å². The molecule has 0 aliphatic rings. The van der Waals surface area contributed by atoms with Gasteiger partial charge in [-0.3, -0.25) is 0 Å². The van der Waals surface area contributed by atoms with Crippen LogP contribution in [0.25, 0.3) is 0 Å². The van der Waals surface area contributed by atoms with E-state index in [4.69, 9.17) is 38.2 Å². The number of rotatable bonds is 4. The minimum absolute atomic E-state index is 0. The third kappa shape index (κ3) is 12.2. The van der Waals surface area contributed by atoms with E-state index in [0.717, 1.165) is 22.3 Å². The van der Waals surface area contributed by atoms with Crippen LogP contribution in [0, 0.1) is 27.7 Å². The summed E-state index contributed by atoms with van der Waals surface area (Å²) in [5.41, 5.74) is 3.92. The Hall–Kier alpha value is -0.417. The molecule has 0 aliphatic heterocycles. The van der Waals surface area contributed by atoms with E-state index >= 15 is 0 Å². The average Bonchev–Trinajstić information content (AvgIpc) is 2.57. The first kappa shape index (κ1) is 29.8. The van der Waals surface area contributed by atoms with E-state index in [0.29, 0.717) is 11.5 Å². The molecule has 0 amide bonds. The summed E-state index contributed by atoms with van der Waals surface area (Å²) < 4.78 is 30.2. The van der Waals surface area contributed by atoms with Gasteiger partial charge in [0.15, 0.2) is 0 Å². The summed E-state index contributed by atoms with van der Waals surface area (Å²) in [7, 11) is 4.15. The van der Waals surface area contributed by atoms with E-state index in [9.17, 15) is 9.13 Å². The minimum Gasteiger partial charge on any atom is -2.00 e. The molecule has 0 saturated heterocycles. The van der Waals surface area contributed by atoms with Crippen LogP contribution in [0.3, 0.4) is 0 Å². The van der Waals surface area contributed by atoms with Crippen molar-refractivity contribution in [3.05, 3.63) is 58.7 Å². The van der Waals surface area contributed by atoms with Crippen molar-refractivity contribution in [1.82, 2.24) is 0 Å². The van der Waals surface area contributed by atoms with Gasteiger partial charge in [0, 0.05) is 0 Å². The van der Waals surface area contributed by atoms with Crippen LogP contribution >= 0.6 is 35.9 Å². The van der Waals surface area contributed by atoms with Gasteiger partial charge in [0.1, 0.15) is 11.5 Å². The monoisotopic (exact) mass is 522 g/mol. The van der Waals surface area contributed by atoms with Crippen LogP contribution in [0.1, 0.15) is 22.3 Å². The third-order valence-electron chi connectivity index (χ3n) is 3.50. The standard InChI is InChI=1S/2C8H11O3P.2ClH.O.Zn/c2*1-6-4-3-5-8(7(6)2)11-12(9)10;;;;/h2*3-5,12H,1-2H3,(H,9,10);2*1H;;/q;;;;-2;+2/p-2. The van der Waals surface area contributed by atoms with Gasteiger partial charge in [0.05, 0.1) is 0 Å². The fraction of sp³-hybridized carbons (Fsp3) is 0.250. The minimum atomic E-state index is -2.88. The van der Waals surface area contributed by atoms with Crippen molar-refractivity contribution in [3.63, 3.8) is 0 Å². The number of halogens is 2. The molecule has 7 nitrogen and oxygen atoms in total. The van der Waals surface area contributed by atoms with Crippen LogP contribution in [0.15, 0.2) is 36.4 Å². The number of hydrogen-bond acceptors (Lipinski definition) is 4. The van der Waals surface area contributed by atoms with E-state index in [1.54, 1.807) is 24.3 Å². The molecular formula is C16H22Cl2O7P2Zn-2. The maximum atomic E-state index is 10.4. The first-order valence-corrected chi connectivity index (χ1v) is 18.0. The Kier molecular flexibility index (Phi) is 17.4. The van der Waals surface area contributed by atoms with Crippen LogP contribution in [0.5, 0.6) is 11.5 Å². The Morgan fingerprint density at radius 2 is 1.07 bits per heavy atom. The van der Waals surface area contributed by atoms with Gasteiger partial charge in [0.2, 0.25) is 0 Å². The summed E-state index contributed by atoms with van der Waals surface area (Å²) in [5, 5.41) is 0. The van der Waals surface area contributed by atoms with Gasteiger partial charge in [0.25, 0.3) is 0 Å². The van der Waals surface area contributed by atoms with Gasteiger partial charge >= 0.3 is 51.0 Å². The molecule has 2 N–H and O–H groups in total. The van der Waals surface area contributed by atoms with E-state index < -0.39 is 31.7 Å². The Bertz CT molecular complexity index is 715. The van der Waals surface area contributed by atoms with Crippen molar-refractivity contribution in [2.45, 2.75) is 27.7 Å². The van der Waals surface area contributed by atoms with Crippen LogP contribution in [-0.2, 0) is 29.8 Å². The van der Waals surface area contributed by atoms with E-state index in [1.807, 2.05) is 39.8 Å². The van der Waals surface area contributed by atoms with Crippen molar-refractivity contribution in [1.29, 1.82) is 0 Å². The molecule has 28 heavy (non-hydrogen) atoms. The molecule has 2 rings (SSSR count). The summed E-state index contributed by atoms with van der Waals surface area (Å²) >= 11 is -0.931. The molecular weight excluding hydrogens is 502 g/mol. The molecule has 0 heterocycles. The van der Waals surface area contributed by atoms with Gasteiger partial charge in [-0.2, -0.15) is 0 Å². The van der Waals surface area contributed by atoms with Gasteiger partial charge in [-0.1, -0.05) is 24.3 Å². The molecule has 2 atom stereocenters. The summed E-state index contributed by atoms with van der Waals surface area (Å²) in [5.74, 6) is 0.975. The molecule has 2 aromatic carbocycles. The second-order valence-corrected chi connectivity index (χ2v) is 11.3. The molecule has 0 fully saturated rings. The van der Waals surface area contributed by atoms with Crippen LogP contribution < -0.4 is 9.05 Å². The number of aryl methyl sites for hydroxylation is 2. The quantitative estimate of drug-likeness (QED) is 0.409. The summed E-state index contributed by atoms with van der Waals surface area (Å²) in [4.78, 5) is 17.1. The predicted octanol–water partition coefficient (Wildman–Crippen LogP) is 5.39. The van der Waals surface area contributed by atoms with Crippen LogP contribution in [0.2, 0.25) is 0 Å². The number of hydrogen-bond donors (Lipinski definition) is 2. The van der Waals surface area contributed by atoms with Gasteiger partial charge in [-0.15, -0.1) is 0 Å². The zero-order valence-electron chi connectivity index (χ0n) is 15.9. The van der Waals surface area contributed by atoms with Gasteiger partial charge in [-0.25, -0.2) is 9.13 Å². The topological polar surface area (TPSA) is 122 Å². The summed E-state index contributed by atoms with van der Waals surface area (Å²) in [6.45, 7) is 7.57. The van der Waals surface area contributed by atoms with Crippen LogP contribution in [-0.4, -0.2) is 9.79 Å². The van der Waals surface area contributed by atoms with Gasteiger partial charge < -0.3 is 24.3 Å². The van der Waals surface area contributed by atoms with E-state index in [-0.39, 0.29) is 5.48 Å². The van der Waals surface area contributed by atoms with Crippen LogP contribution in [0.4, 0.5) is 0 Å². The molecule has 0 spiro atoms. The van der Waals surface area contributed by atoms with E-state index in [2.05, 4.69) is 0 Å². The normalized spacial score (nSPS) is 11.1. The summed E-state index contributed by atoms with van der Waals surface area (Å²) in [6.07, 6.45) is 0. The molecule has 12 heteroatoms. The molecule has 0 saturated carbocycles. The SMILES string of the molecule is Cc1cccc(O[PH](=O)O)c1C.Cc1cccc(O[PH](=O)O)c1C.[Cl][Zn][Cl].[O-2]. The number of benzene rings is 2. The zero-order valence-corrected chi connectivity index (χ0v) is 22.3. The molecule has 2 unspecified atom stereocenters. The average molecular weight is 525 g/mol. The third-order valence-corrected chi connectivity index (χ3v) is 4.29. The Morgan fingerprint density at radius 3 is 1.32 bits per heavy atom. The smallest absolute Gasteiger partial charge is 2.00 e. The van der Waals surface area contributed by atoms with Crippen molar-refractivity contribution < 1.29 is 48.6 Å². The fourth-order valence-electron chi connectivity index (χ4n) is 1.86. The zero-order chi connectivity index (χ0) is 21.0. The van der Waals surface area contributed by atoms with Crippen molar-refractivity contribution in [2.24, 2.45) is 0 Å². The Labute approximate surface area is 181 Å². The molecule has 156 valence electrons.